The van der Waals surface area contributed by atoms with E-state index < -0.39 is 42.2 Å². The first-order chi connectivity index (χ1) is 15.0. The third-order valence-electron chi connectivity index (χ3n) is 4.51. The van der Waals surface area contributed by atoms with Crippen molar-refractivity contribution in [1.29, 1.82) is 0 Å². The number of carbonyl (C=O) groups is 4. The van der Waals surface area contributed by atoms with Crippen molar-refractivity contribution in [3.05, 3.63) is 53.6 Å². The van der Waals surface area contributed by atoms with Gasteiger partial charge in [0.2, 0.25) is 11.8 Å². The van der Waals surface area contributed by atoms with Gasteiger partial charge >= 0.3 is 12.1 Å². The zero-order valence-corrected chi connectivity index (χ0v) is 16.9. The molecular formula is C21H18F3N3O5. The van der Waals surface area contributed by atoms with Gasteiger partial charge in [0.1, 0.15) is 6.54 Å². The summed E-state index contributed by atoms with van der Waals surface area (Å²) in [6, 6.07) is 8.46. The Hall–Kier alpha value is -3.89. The Morgan fingerprint density at radius 1 is 1.16 bits per heavy atom. The number of ether oxygens (including phenoxy) is 1. The summed E-state index contributed by atoms with van der Waals surface area (Å²) in [6.45, 7) is 2.14. The highest BCUT2D eigenvalue weighted by Crippen LogP contribution is 2.37. The summed E-state index contributed by atoms with van der Waals surface area (Å²) in [4.78, 5) is 49.4. The van der Waals surface area contributed by atoms with Crippen LogP contribution >= 0.6 is 0 Å². The summed E-state index contributed by atoms with van der Waals surface area (Å²) < 4.78 is 44.1. The van der Waals surface area contributed by atoms with E-state index in [0.717, 1.165) is 23.1 Å². The molecule has 1 unspecified atom stereocenters. The standard InChI is InChI=1S/C21H18F3N3O5/c1-11(32-20(31)13-4-3-5-15(8-13)25-12(2)28)19(30)27-10-18(29)26-16-9-14(21(22,23)24)6-7-17(16)27/h3-9,11H,10H2,1-2H3,(H,25,28)(H,26,29). The molecule has 3 amide bonds. The van der Waals surface area contributed by atoms with Crippen LogP contribution in [-0.2, 0) is 25.3 Å². The van der Waals surface area contributed by atoms with Crippen LogP contribution in [0, 0.1) is 0 Å². The third kappa shape index (κ3) is 5.05. The number of amides is 3. The largest absolute Gasteiger partial charge is 0.449 e. The lowest BCUT2D eigenvalue weighted by Gasteiger charge is -2.31. The molecule has 2 aromatic rings. The molecule has 0 spiro atoms. The topological polar surface area (TPSA) is 105 Å². The quantitative estimate of drug-likeness (QED) is 0.698. The first kappa shape index (κ1) is 22.8. The van der Waals surface area contributed by atoms with Gasteiger partial charge in [-0.2, -0.15) is 13.2 Å². The highest BCUT2D eigenvalue weighted by molar-refractivity contribution is 6.11. The van der Waals surface area contributed by atoms with Crippen LogP contribution in [0.5, 0.6) is 0 Å². The van der Waals surface area contributed by atoms with Crippen molar-refractivity contribution in [3.63, 3.8) is 0 Å². The van der Waals surface area contributed by atoms with E-state index in [1.54, 1.807) is 6.07 Å². The van der Waals surface area contributed by atoms with Crippen LogP contribution in [0.15, 0.2) is 42.5 Å². The molecule has 32 heavy (non-hydrogen) atoms. The van der Waals surface area contributed by atoms with Crippen molar-refractivity contribution < 1.29 is 37.1 Å². The molecule has 0 aromatic heterocycles. The number of alkyl halides is 3. The summed E-state index contributed by atoms with van der Waals surface area (Å²) in [7, 11) is 0. The van der Waals surface area contributed by atoms with Gasteiger partial charge in [-0.1, -0.05) is 6.07 Å². The van der Waals surface area contributed by atoms with Crippen molar-refractivity contribution in [3.8, 4) is 0 Å². The van der Waals surface area contributed by atoms with Crippen molar-refractivity contribution in [2.45, 2.75) is 26.1 Å². The molecule has 0 aliphatic carbocycles. The molecule has 1 atom stereocenters. The second-order valence-electron chi connectivity index (χ2n) is 7.01. The average Bonchev–Trinajstić information content (AvgIpc) is 2.71. The van der Waals surface area contributed by atoms with Gasteiger partial charge in [-0.15, -0.1) is 0 Å². The minimum atomic E-state index is -4.62. The third-order valence-corrected chi connectivity index (χ3v) is 4.51. The summed E-state index contributed by atoms with van der Waals surface area (Å²) in [5, 5.41) is 4.82. The van der Waals surface area contributed by atoms with Crippen LogP contribution in [0.4, 0.5) is 30.2 Å². The molecule has 0 radical (unpaired) electrons. The Bertz CT molecular complexity index is 1100. The Balaban J connectivity index is 1.78. The van der Waals surface area contributed by atoms with Crippen LogP contribution in [0.2, 0.25) is 0 Å². The van der Waals surface area contributed by atoms with E-state index in [-0.39, 0.29) is 22.8 Å². The molecule has 3 rings (SSSR count). The summed E-state index contributed by atoms with van der Waals surface area (Å²) in [5.74, 6) is -2.67. The van der Waals surface area contributed by atoms with E-state index in [0.29, 0.717) is 5.69 Å². The van der Waals surface area contributed by atoms with E-state index in [4.69, 9.17) is 4.74 Å². The molecule has 1 aliphatic heterocycles. The number of anilines is 3. The molecule has 8 nitrogen and oxygen atoms in total. The fraction of sp³-hybridized carbons (Fsp3) is 0.238. The normalized spacial score (nSPS) is 14.2. The SMILES string of the molecule is CC(=O)Nc1cccc(C(=O)OC(C)C(=O)N2CC(=O)Nc3cc(C(F)(F)F)ccc32)c1. The monoisotopic (exact) mass is 449 g/mol. The molecular weight excluding hydrogens is 431 g/mol. The van der Waals surface area contributed by atoms with Crippen LogP contribution < -0.4 is 15.5 Å². The first-order valence-electron chi connectivity index (χ1n) is 9.37. The van der Waals surface area contributed by atoms with Gasteiger partial charge in [0.15, 0.2) is 6.10 Å². The molecule has 0 saturated heterocycles. The van der Waals surface area contributed by atoms with Gasteiger partial charge in [0.05, 0.1) is 22.5 Å². The predicted molar refractivity (Wildman–Crippen MR) is 108 cm³/mol. The van der Waals surface area contributed by atoms with Crippen LogP contribution in [0.3, 0.4) is 0 Å². The number of carbonyl (C=O) groups excluding carboxylic acids is 4. The zero-order chi connectivity index (χ0) is 23.6. The second kappa shape index (κ2) is 8.69. The molecule has 2 N–H and O–H groups in total. The molecule has 168 valence electrons. The fourth-order valence-corrected chi connectivity index (χ4v) is 3.09. The summed E-state index contributed by atoms with van der Waals surface area (Å²) in [5.41, 5.74) is -0.677. The van der Waals surface area contributed by atoms with Crippen LogP contribution in [-0.4, -0.2) is 36.3 Å². The Morgan fingerprint density at radius 3 is 2.53 bits per heavy atom. The molecule has 0 saturated carbocycles. The highest BCUT2D eigenvalue weighted by atomic mass is 19.4. The minimum absolute atomic E-state index is 0.0538. The molecule has 0 fully saturated rings. The molecule has 1 heterocycles. The van der Waals surface area contributed by atoms with Crippen molar-refractivity contribution in [1.82, 2.24) is 0 Å². The lowest BCUT2D eigenvalue weighted by Crippen LogP contribution is -2.47. The van der Waals surface area contributed by atoms with Crippen LogP contribution in [0.1, 0.15) is 29.8 Å². The van der Waals surface area contributed by atoms with E-state index in [1.807, 2.05) is 0 Å². The lowest BCUT2D eigenvalue weighted by atomic mass is 10.1. The van der Waals surface area contributed by atoms with Crippen LogP contribution in [0.25, 0.3) is 0 Å². The number of hydrogen-bond donors (Lipinski definition) is 2. The number of esters is 1. The van der Waals surface area contributed by atoms with E-state index in [1.165, 1.54) is 32.0 Å². The number of fused-ring (bicyclic) bond motifs is 1. The first-order valence-corrected chi connectivity index (χ1v) is 9.37. The fourth-order valence-electron chi connectivity index (χ4n) is 3.09. The molecule has 2 aromatic carbocycles. The lowest BCUT2D eigenvalue weighted by molar-refractivity contribution is -0.137. The maximum Gasteiger partial charge on any atom is 0.416 e. The second-order valence-corrected chi connectivity index (χ2v) is 7.01. The maximum absolute atomic E-state index is 13.0. The smallest absolute Gasteiger partial charge is 0.416 e. The predicted octanol–water partition coefficient (Wildman–Crippen LogP) is 3.19. The van der Waals surface area contributed by atoms with E-state index >= 15 is 0 Å². The summed E-state index contributed by atoms with van der Waals surface area (Å²) in [6.07, 6.45) is -5.96. The number of benzene rings is 2. The number of rotatable bonds is 4. The van der Waals surface area contributed by atoms with Crippen molar-refractivity contribution in [2.24, 2.45) is 0 Å². The molecule has 11 heteroatoms. The van der Waals surface area contributed by atoms with Crippen molar-refractivity contribution >= 4 is 40.8 Å². The number of nitrogens with one attached hydrogen (secondary N) is 2. The average molecular weight is 449 g/mol. The highest BCUT2D eigenvalue weighted by Gasteiger charge is 2.35. The van der Waals surface area contributed by atoms with Crippen molar-refractivity contribution in [2.75, 3.05) is 22.1 Å². The summed E-state index contributed by atoms with van der Waals surface area (Å²) >= 11 is 0. The minimum Gasteiger partial charge on any atom is -0.449 e. The van der Waals surface area contributed by atoms with Gasteiger partial charge in [0, 0.05) is 12.6 Å². The van der Waals surface area contributed by atoms with Gasteiger partial charge in [-0.3, -0.25) is 19.3 Å². The van der Waals surface area contributed by atoms with E-state index in [9.17, 15) is 32.3 Å². The van der Waals surface area contributed by atoms with Gasteiger partial charge in [-0.05, 0) is 43.3 Å². The number of nitrogens with zero attached hydrogens (tertiary/aromatic N) is 1. The molecule has 1 aliphatic rings. The Labute approximate surface area is 180 Å². The zero-order valence-electron chi connectivity index (χ0n) is 16.9. The number of hydrogen-bond acceptors (Lipinski definition) is 5. The van der Waals surface area contributed by atoms with Gasteiger partial charge in [0.25, 0.3) is 5.91 Å². The van der Waals surface area contributed by atoms with Gasteiger partial charge in [-0.25, -0.2) is 4.79 Å². The molecule has 0 bridgehead atoms. The van der Waals surface area contributed by atoms with E-state index in [2.05, 4.69) is 10.6 Å². The van der Waals surface area contributed by atoms with Gasteiger partial charge < -0.3 is 15.4 Å². The maximum atomic E-state index is 13.0. The number of halogens is 3. The Morgan fingerprint density at radius 2 is 1.88 bits per heavy atom. The Kier molecular flexibility index (Phi) is 6.19.